The Morgan fingerprint density at radius 2 is 1.92 bits per heavy atom. The zero-order valence-corrected chi connectivity index (χ0v) is 15.1. The number of alkyl halides is 2. The Kier molecular flexibility index (Phi) is 6.35. The van der Waals surface area contributed by atoms with E-state index < -0.39 is 12.5 Å². The van der Waals surface area contributed by atoms with Crippen LogP contribution < -0.4 is 10.1 Å². The molecule has 2 atom stereocenters. The van der Waals surface area contributed by atoms with E-state index in [-0.39, 0.29) is 29.1 Å². The molecule has 2 rings (SSSR count). The van der Waals surface area contributed by atoms with E-state index in [0.29, 0.717) is 6.54 Å². The first-order valence-corrected chi connectivity index (χ1v) is 8.41. The largest absolute Gasteiger partial charge is 0.434 e. The van der Waals surface area contributed by atoms with Crippen LogP contribution in [0.15, 0.2) is 24.3 Å². The van der Waals surface area contributed by atoms with Crippen LogP contribution in [0.5, 0.6) is 5.75 Å². The lowest BCUT2D eigenvalue weighted by Gasteiger charge is -2.45. The van der Waals surface area contributed by atoms with Gasteiger partial charge in [0.1, 0.15) is 5.75 Å². The van der Waals surface area contributed by atoms with Gasteiger partial charge in [-0.3, -0.25) is 9.69 Å². The van der Waals surface area contributed by atoms with Crippen molar-refractivity contribution in [1.82, 2.24) is 10.2 Å². The molecule has 1 N–H and O–H groups in total. The van der Waals surface area contributed by atoms with Crippen molar-refractivity contribution in [3.63, 3.8) is 0 Å². The summed E-state index contributed by atoms with van der Waals surface area (Å²) in [6, 6.07) is 6.00. The summed E-state index contributed by atoms with van der Waals surface area (Å²) in [6.07, 6.45) is 0.248. The Hall–Kier alpha value is -1.73. The number of hydrogen-bond acceptors (Lipinski definition) is 4. The third-order valence-electron chi connectivity index (χ3n) is 4.30. The summed E-state index contributed by atoms with van der Waals surface area (Å²) in [7, 11) is 0. The number of carbonyl (C=O) groups excluding carboxylic acids is 1. The minimum Gasteiger partial charge on any atom is -0.434 e. The van der Waals surface area contributed by atoms with Crippen LogP contribution in [-0.2, 0) is 4.74 Å². The number of nitrogens with zero attached hydrogens (tertiary/aromatic N) is 1. The number of amides is 1. The van der Waals surface area contributed by atoms with Crippen LogP contribution in [0.25, 0.3) is 0 Å². The summed E-state index contributed by atoms with van der Waals surface area (Å²) in [5, 5.41) is 2.83. The smallest absolute Gasteiger partial charge is 0.387 e. The van der Waals surface area contributed by atoms with E-state index in [1.807, 2.05) is 27.7 Å². The highest BCUT2D eigenvalue weighted by Crippen LogP contribution is 2.22. The Bertz CT molecular complexity index is 585. The van der Waals surface area contributed by atoms with Gasteiger partial charge < -0.3 is 14.8 Å². The first-order chi connectivity index (χ1) is 11.7. The second kappa shape index (κ2) is 8.10. The number of hydrogen-bond donors (Lipinski definition) is 1. The normalized spacial score (nSPS) is 22.0. The number of carbonyl (C=O) groups is 1. The molecule has 140 valence electrons. The summed E-state index contributed by atoms with van der Waals surface area (Å²) in [4.78, 5) is 14.7. The van der Waals surface area contributed by atoms with Crippen LogP contribution in [0, 0.1) is 0 Å². The second-order valence-corrected chi connectivity index (χ2v) is 7.03. The van der Waals surface area contributed by atoms with Gasteiger partial charge >= 0.3 is 6.61 Å². The van der Waals surface area contributed by atoms with Crippen molar-refractivity contribution in [3.05, 3.63) is 29.8 Å². The number of halogens is 2. The van der Waals surface area contributed by atoms with Crippen molar-refractivity contribution in [2.24, 2.45) is 0 Å². The number of benzene rings is 1. The molecule has 1 fully saturated rings. The van der Waals surface area contributed by atoms with Crippen LogP contribution >= 0.6 is 0 Å². The molecule has 0 aliphatic carbocycles. The molecule has 5 nitrogen and oxygen atoms in total. The average Bonchev–Trinajstić information content (AvgIpc) is 2.52. The minimum absolute atomic E-state index is 0.0994. The van der Waals surface area contributed by atoms with E-state index in [9.17, 15) is 13.6 Å². The molecule has 0 radical (unpaired) electrons. The van der Waals surface area contributed by atoms with Crippen LogP contribution in [0.2, 0.25) is 0 Å². The highest BCUT2D eigenvalue weighted by atomic mass is 19.3. The molecule has 0 saturated carbocycles. The number of ether oxygens (including phenoxy) is 2. The standard InChI is InChI=1S/C18H26F2N2O3/c1-12-9-22(10-13(2)24-12)18(3,4)11-21-16(23)14-7-5-6-8-15(14)25-17(19)20/h5-8,12-13,17H,9-11H2,1-4H3,(H,21,23). The fraction of sp³-hybridized carbons (Fsp3) is 0.611. The van der Waals surface area contributed by atoms with Crippen molar-refractivity contribution in [2.45, 2.75) is 52.1 Å². The van der Waals surface area contributed by atoms with E-state index in [1.54, 1.807) is 12.1 Å². The van der Waals surface area contributed by atoms with E-state index in [2.05, 4.69) is 15.0 Å². The van der Waals surface area contributed by atoms with Gasteiger partial charge in [-0.2, -0.15) is 8.78 Å². The molecule has 1 saturated heterocycles. The predicted octanol–water partition coefficient (Wildman–Crippen LogP) is 2.91. The minimum atomic E-state index is -2.97. The summed E-state index contributed by atoms with van der Waals surface area (Å²) >= 11 is 0. The zero-order valence-electron chi connectivity index (χ0n) is 15.1. The Labute approximate surface area is 147 Å². The van der Waals surface area contributed by atoms with Gasteiger partial charge in [0.25, 0.3) is 5.91 Å². The summed E-state index contributed by atoms with van der Waals surface area (Å²) < 4.78 is 35.1. The third-order valence-corrected chi connectivity index (χ3v) is 4.30. The van der Waals surface area contributed by atoms with Gasteiger partial charge in [0.15, 0.2) is 0 Å². The average molecular weight is 356 g/mol. The molecule has 1 amide bonds. The lowest BCUT2D eigenvalue weighted by molar-refractivity contribution is -0.0948. The lowest BCUT2D eigenvalue weighted by atomic mass is 10.00. The van der Waals surface area contributed by atoms with Crippen LogP contribution in [0.3, 0.4) is 0 Å². The van der Waals surface area contributed by atoms with Crippen molar-refractivity contribution in [2.75, 3.05) is 19.6 Å². The molecule has 1 aliphatic rings. The molecule has 7 heteroatoms. The Morgan fingerprint density at radius 3 is 2.52 bits per heavy atom. The fourth-order valence-electron chi connectivity index (χ4n) is 3.03. The molecular formula is C18H26F2N2O3. The van der Waals surface area contributed by atoms with E-state index in [1.165, 1.54) is 12.1 Å². The Balaban J connectivity index is 2.01. The quantitative estimate of drug-likeness (QED) is 0.852. The summed E-state index contributed by atoms with van der Waals surface area (Å²) in [6.45, 7) is 7.09. The summed E-state index contributed by atoms with van der Waals surface area (Å²) in [5.74, 6) is -0.555. The van der Waals surface area contributed by atoms with Gasteiger partial charge in [-0.15, -0.1) is 0 Å². The van der Waals surface area contributed by atoms with Gasteiger partial charge in [0.05, 0.1) is 17.8 Å². The van der Waals surface area contributed by atoms with Crippen LogP contribution in [0.4, 0.5) is 8.78 Å². The molecule has 2 unspecified atom stereocenters. The lowest BCUT2D eigenvalue weighted by Crippen LogP contribution is -2.58. The van der Waals surface area contributed by atoms with E-state index in [0.717, 1.165) is 13.1 Å². The highest BCUT2D eigenvalue weighted by Gasteiger charge is 2.33. The molecule has 1 heterocycles. The second-order valence-electron chi connectivity index (χ2n) is 7.03. The van der Waals surface area contributed by atoms with Gasteiger partial charge in [-0.25, -0.2) is 0 Å². The number of nitrogens with one attached hydrogen (secondary N) is 1. The predicted molar refractivity (Wildman–Crippen MR) is 91.1 cm³/mol. The molecule has 1 aromatic rings. The van der Waals surface area contributed by atoms with Gasteiger partial charge in [0, 0.05) is 25.2 Å². The fourth-order valence-corrected chi connectivity index (χ4v) is 3.03. The first-order valence-electron chi connectivity index (χ1n) is 8.41. The maximum atomic E-state index is 12.5. The maximum absolute atomic E-state index is 12.5. The highest BCUT2D eigenvalue weighted by molar-refractivity contribution is 5.96. The zero-order chi connectivity index (χ0) is 18.6. The number of para-hydroxylation sites is 1. The van der Waals surface area contributed by atoms with E-state index in [4.69, 9.17) is 4.74 Å². The third kappa shape index (κ3) is 5.37. The van der Waals surface area contributed by atoms with Gasteiger partial charge in [0.2, 0.25) is 0 Å². The number of rotatable bonds is 6. The van der Waals surface area contributed by atoms with Crippen molar-refractivity contribution in [1.29, 1.82) is 0 Å². The molecule has 25 heavy (non-hydrogen) atoms. The molecule has 0 bridgehead atoms. The van der Waals surface area contributed by atoms with Crippen molar-refractivity contribution >= 4 is 5.91 Å². The van der Waals surface area contributed by atoms with E-state index >= 15 is 0 Å². The van der Waals surface area contributed by atoms with Crippen molar-refractivity contribution in [3.8, 4) is 5.75 Å². The Morgan fingerprint density at radius 1 is 1.32 bits per heavy atom. The van der Waals surface area contributed by atoms with Gasteiger partial charge in [-0.05, 0) is 39.8 Å². The maximum Gasteiger partial charge on any atom is 0.387 e. The monoisotopic (exact) mass is 356 g/mol. The SMILES string of the molecule is CC1CN(C(C)(C)CNC(=O)c2ccccc2OC(F)F)CC(C)O1. The summed E-state index contributed by atoms with van der Waals surface area (Å²) in [5.41, 5.74) is -0.192. The van der Waals surface area contributed by atoms with Crippen molar-refractivity contribution < 1.29 is 23.0 Å². The molecule has 0 spiro atoms. The van der Waals surface area contributed by atoms with Crippen LogP contribution in [-0.4, -0.2) is 54.8 Å². The van der Waals surface area contributed by atoms with Crippen LogP contribution in [0.1, 0.15) is 38.1 Å². The van der Waals surface area contributed by atoms with Gasteiger partial charge in [-0.1, -0.05) is 12.1 Å². The topological polar surface area (TPSA) is 50.8 Å². The molecule has 1 aliphatic heterocycles. The number of morpholine rings is 1. The molecule has 0 aromatic heterocycles. The molecular weight excluding hydrogens is 330 g/mol. The first kappa shape index (κ1) is 19.6. The molecule has 1 aromatic carbocycles.